The third-order valence-electron chi connectivity index (χ3n) is 3.71. The van der Waals surface area contributed by atoms with Crippen LogP contribution in [0.4, 0.5) is 0 Å². The molecule has 0 saturated heterocycles. The average Bonchev–Trinajstić information content (AvgIpc) is 2.52. The number of cyclic esters (lactones) is 1. The van der Waals surface area contributed by atoms with Crippen molar-refractivity contribution in [3.63, 3.8) is 0 Å². The van der Waals surface area contributed by atoms with E-state index in [-0.39, 0.29) is 17.1 Å². The normalized spacial score (nSPS) is 15.1. The zero-order valence-corrected chi connectivity index (χ0v) is 13.9. The molecule has 126 valence electrons. The van der Waals surface area contributed by atoms with Gasteiger partial charge < -0.3 is 24.1 Å². The molecule has 0 unspecified atom stereocenters. The smallest absolute Gasteiger partial charge is 0.345 e. The van der Waals surface area contributed by atoms with E-state index < -0.39 is 11.8 Å². The Morgan fingerprint density at radius 2 is 1.67 bits per heavy atom. The van der Waals surface area contributed by atoms with Crippen molar-refractivity contribution in [1.82, 2.24) is 0 Å². The molecule has 1 heterocycles. The van der Waals surface area contributed by atoms with Crippen LogP contribution in [0, 0.1) is 0 Å². The van der Waals surface area contributed by atoms with E-state index in [4.69, 9.17) is 18.9 Å². The first-order chi connectivity index (χ1) is 11.3. The molecule has 2 aromatic carbocycles. The monoisotopic (exact) mass is 330 g/mol. The number of phenolic OH excluding ortho intramolecular Hbond substituents is 1. The summed E-state index contributed by atoms with van der Waals surface area (Å²) in [5.74, 6) is -0.191. The van der Waals surface area contributed by atoms with Crippen LogP contribution in [0.1, 0.15) is 24.2 Å². The zero-order valence-electron chi connectivity index (χ0n) is 13.9. The fourth-order valence-corrected chi connectivity index (χ4v) is 2.61. The summed E-state index contributed by atoms with van der Waals surface area (Å²) in [6, 6.07) is 8.18. The van der Waals surface area contributed by atoms with Crippen LogP contribution < -0.4 is 14.2 Å². The molecule has 0 fully saturated rings. The van der Waals surface area contributed by atoms with Crippen LogP contribution in [0.15, 0.2) is 30.3 Å². The molecule has 1 aliphatic heterocycles. The maximum Gasteiger partial charge on any atom is 0.345 e. The van der Waals surface area contributed by atoms with Crippen LogP contribution in [0.25, 0.3) is 11.1 Å². The van der Waals surface area contributed by atoms with Crippen molar-refractivity contribution in [2.24, 2.45) is 0 Å². The Hall–Kier alpha value is -2.89. The standard InChI is InChI=1S/C18H18O6/c1-18(2)23-15-9-13(19)11(8-12(15)17(20)24-18)10-5-6-14(21-3)16(7-10)22-4/h5-9,19H,1-4H3. The summed E-state index contributed by atoms with van der Waals surface area (Å²) in [6.45, 7) is 3.26. The summed E-state index contributed by atoms with van der Waals surface area (Å²) in [7, 11) is 3.07. The number of fused-ring (bicyclic) bond motifs is 1. The van der Waals surface area contributed by atoms with Gasteiger partial charge in [0.1, 0.15) is 17.1 Å². The number of ether oxygens (including phenoxy) is 4. The molecule has 0 amide bonds. The lowest BCUT2D eigenvalue weighted by molar-refractivity contribution is -0.127. The SMILES string of the molecule is COc1ccc(-c2cc3c(cc2O)OC(C)(C)OC3=O)cc1OC. The quantitative estimate of drug-likeness (QED) is 0.870. The highest BCUT2D eigenvalue weighted by molar-refractivity contribution is 5.96. The molecule has 0 radical (unpaired) electrons. The molecule has 1 N–H and O–H groups in total. The molecular formula is C18H18O6. The van der Waals surface area contributed by atoms with Gasteiger partial charge in [-0.25, -0.2) is 4.79 Å². The molecule has 0 atom stereocenters. The number of phenols is 1. The summed E-state index contributed by atoms with van der Waals surface area (Å²) in [5.41, 5.74) is 1.40. The summed E-state index contributed by atoms with van der Waals surface area (Å²) in [4.78, 5) is 12.2. The Morgan fingerprint density at radius 3 is 2.33 bits per heavy atom. The topological polar surface area (TPSA) is 74.2 Å². The molecule has 0 aliphatic carbocycles. The number of aromatic hydroxyl groups is 1. The lowest BCUT2D eigenvalue weighted by atomic mass is 10.00. The maximum absolute atomic E-state index is 12.2. The first-order valence-corrected chi connectivity index (χ1v) is 7.36. The molecule has 0 aromatic heterocycles. The zero-order chi connectivity index (χ0) is 17.5. The van der Waals surface area contributed by atoms with E-state index in [2.05, 4.69) is 0 Å². The third-order valence-corrected chi connectivity index (χ3v) is 3.71. The van der Waals surface area contributed by atoms with Crippen molar-refractivity contribution in [2.75, 3.05) is 14.2 Å². The molecule has 2 aromatic rings. The maximum atomic E-state index is 12.2. The van der Waals surface area contributed by atoms with Crippen LogP contribution in [-0.4, -0.2) is 31.1 Å². The van der Waals surface area contributed by atoms with E-state index in [0.29, 0.717) is 22.6 Å². The second-order valence-corrected chi connectivity index (χ2v) is 5.83. The Morgan fingerprint density at radius 1 is 0.958 bits per heavy atom. The van der Waals surface area contributed by atoms with E-state index in [0.717, 1.165) is 0 Å². The fraction of sp³-hybridized carbons (Fsp3) is 0.278. The summed E-state index contributed by atoms with van der Waals surface area (Å²) >= 11 is 0. The van der Waals surface area contributed by atoms with Gasteiger partial charge in [-0.15, -0.1) is 0 Å². The molecule has 1 aliphatic rings. The van der Waals surface area contributed by atoms with E-state index in [9.17, 15) is 9.90 Å². The number of methoxy groups -OCH3 is 2. The van der Waals surface area contributed by atoms with Crippen LogP contribution >= 0.6 is 0 Å². The van der Waals surface area contributed by atoms with Crippen molar-refractivity contribution in [3.8, 4) is 34.1 Å². The first-order valence-electron chi connectivity index (χ1n) is 7.36. The van der Waals surface area contributed by atoms with E-state index >= 15 is 0 Å². The Labute approximate surface area is 139 Å². The van der Waals surface area contributed by atoms with Gasteiger partial charge in [0.2, 0.25) is 5.79 Å². The Balaban J connectivity index is 2.11. The van der Waals surface area contributed by atoms with Gasteiger partial charge in [-0.1, -0.05) is 6.07 Å². The van der Waals surface area contributed by atoms with Crippen molar-refractivity contribution in [3.05, 3.63) is 35.9 Å². The van der Waals surface area contributed by atoms with Gasteiger partial charge in [0.15, 0.2) is 11.5 Å². The molecule has 6 nitrogen and oxygen atoms in total. The highest BCUT2D eigenvalue weighted by Crippen LogP contribution is 2.41. The molecule has 0 saturated carbocycles. The van der Waals surface area contributed by atoms with Crippen molar-refractivity contribution >= 4 is 5.97 Å². The molecular weight excluding hydrogens is 312 g/mol. The van der Waals surface area contributed by atoms with Crippen LogP contribution in [0.3, 0.4) is 0 Å². The van der Waals surface area contributed by atoms with E-state index in [1.165, 1.54) is 13.2 Å². The van der Waals surface area contributed by atoms with Gasteiger partial charge in [-0.05, 0) is 23.8 Å². The summed E-state index contributed by atoms with van der Waals surface area (Å²) in [6.07, 6.45) is 0. The minimum absolute atomic E-state index is 0.00790. The molecule has 6 heteroatoms. The molecule has 0 bridgehead atoms. The Bertz CT molecular complexity index is 809. The minimum atomic E-state index is -1.07. The lowest BCUT2D eigenvalue weighted by Gasteiger charge is -2.32. The number of hydrogen-bond acceptors (Lipinski definition) is 6. The number of hydrogen-bond donors (Lipinski definition) is 1. The Kier molecular flexibility index (Phi) is 3.75. The minimum Gasteiger partial charge on any atom is -0.507 e. The van der Waals surface area contributed by atoms with Crippen molar-refractivity contribution < 1.29 is 28.8 Å². The van der Waals surface area contributed by atoms with Crippen LogP contribution in [0.5, 0.6) is 23.0 Å². The predicted octanol–water partition coefficient (Wildman–Crippen LogP) is 3.36. The molecule has 3 rings (SSSR count). The summed E-state index contributed by atoms with van der Waals surface area (Å²) in [5, 5.41) is 10.4. The van der Waals surface area contributed by atoms with Gasteiger partial charge in [0, 0.05) is 25.5 Å². The number of benzene rings is 2. The van der Waals surface area contributed by atoms with Crippen molar-refractivity contribution in [2.45, 2.75) is 19.6 Å². The van der Waals surface area contributed by atoms with E-state index in [1.54, 1.807) is 45.2 Å². The van der Waals surface area contributed by atoms with Gasteiger partial charge in [0.05, 0.1) is 14.2 Å². The second-order valence-electron chi connectivity index (χ2n) is 5.83. The second kappa shape index (κ2) is 5.63. The van der Waals surface area contributed by atoms with Crippen LogP contribution in [-0.2, 0) is 4.74 Å². The van der Waals surface area contributed by atoms with Gasteiger partial charge in [-0.3, -0.25) is 0 Å². The molecule has 0 spiro atoms. The predicted molar refractivity (Wildman–Crippen MR) is 86.8 cm³/mol. The fourth-order valence-electron chi connectivity index (χ4n) is 2.61. The highest BCUT2D eigenvalue weighted by atomic mass is 16.7. The molecule has 24 heavy (non-hydrogen) atoms. The number of carbonyl (C=O) groups excluding carboxylic acids is 1. The highest BCUT2D eigenvalue weighted by Gasteiger charge is 2.34. The summed E-state index contributed by atoms with van der Waals surface area (Å²) < 4.78 is 21.3. The lowest BCUT2D eigenvalue weighted by Crippen LogP contribution is -2.38. The number of rotatable bonds is 3. The van der Waals surface area contributed by atoms with Gasteiger partial charge >= 0.3 is 5.97 Å². The average molecular weight is 330 g/mol. The van der Waals surface area contributed by atoms with Gasteiger partial charge in [-0.2, -0.15) is 0 Å². The van der Waals surface area contributed by atoms with Crippen LogP contribution in [0.2, 0.25) is 0 Å². The first kappa shape index (κ1) is 16.0. The van der Waals surface area contributed by atoms with Crippen molar-refractivity contribution in [1.29, 1.82) is 0 Å². The largest absolute Gasteiger partial charge is 0.507 e. The number of carbonyl (C=O) groups is 1. The third kappa shape index (κ3) is 2.71. The van der Waals surface area contributed by atoms with Gasteiger partial charge in [0.25, 0.3) is 0 Å². The number of esters is 1. The van der Waals surface area contributed by atoms with E-state index in [1.807, 2.05) is 0 Å².